The summed E-state index contributed by atoms with van der Waals surface area (Å²) in [6, 6.07) is 2.79. The highest BCUT2D eigenvalue weighted by Gasteiger charge is 2.38. The molecule has 0 spiro atoms. The molecule has 0 aromatic heterocycles. The molecule has 0 radical (unpaired) electrons. The minimum absolute atomic E-state index is 0.159. The summed E-state index contributed by atoms with van der Waals surface area (Å²) in [6.45, 7) is -0.550. The number of carbonyl (C=O) groups excluding carboxylic acids is 2. The van der Waals surface area contributed by atoms with Crippen molar-refractivity contribution < 1.29 is 37.0 Å². The van der Waals surface area contributed by atoms with Crippen LogP contribution in [0.1, 0.15) is 10.4 Å². The molecule has 0 bridgehead atoms. The average molecular weight is 350 g/mol. The Kier molecular flexibility index (Phi) is 6.69. The summed E-state index contributed by atoms with van der Waals surface area (Å²) in [6.07, 6.45) is -4.96. The fraction of sp³-hybridized carbons (Fsp3) is 0.429. The van der Waals surface area contributed by atoms with E-state index >= 15 is 0 Å². The molecule has 7 nitrogen and oxygen atoms in total. The van der Waals surface area contributed by atoms with Crippen LogP contribution < -0.4 is 24.8 Å². The molecule has 2 N–H and O–H groups in total. The van der Waals surface area contributed by atoms with Crippen molar-refractivity contribution in [3.8, 4) is 17.2 Å². The molecule has 0 saturated carbocycles. The lowest BCUT2D eigenvalue weighted by Gasteiger charge is -2.14. The number of nitrogens with one attached hydrogen (secondary N) is 2. The molecule has 1 aromatic carbocycles. The Bertz CT molecular complexity index is 580. The number of alkyl halides is 3. The van der Waals surface area contributed by atoms with Crippen molar-refractivity contribution in [3.63, 3.8) is 0 Å². The fourth-order valence-electron chi connectivity index (χ4n) is 1.77. The lowest BCUT2D eigenvalue weighted by atomic mass is 10.1. The van der Waals surface area contributed by atoms with Gasteiger partial charge in [-0.1, -0.05) is 0 Å². The third kappa shape index (κ3) is 4.93. The van der Waals surface area contributed by atoms with Gasteiger partial charge in [0.1, 0.15) is 0 Å². The molecule has 0 aliphatic heterocycles. The third-order valence-corrected chi connectivity index (χ3v) is 2.88. The van der Waals surface area contributed by atoms with Gasteiger partial charge in [-0.05, 0) is 12.1 Å². The Labute approximate surface area is 136 Å². The van der Waals surface area contributed by atoms with Crippen LogP contribution in [-0.2, 0) is 4.79 Å². The Morgan fingerprint density at radius 1 is 0.958 bits per heavy atom. The summed E-state index contributed by atoms with van der Waals surface area (Å²) >= 11 is 0. The monoisotopic (exact) mass is 350 g/mol. The first kappa shape index (κ1) is 19.4. The maximum absolute atomic E-state index is 12.0. The Balaban J connectivity index is 2.70. The molecule has 10 heteroatoms. The van der Waals surface area contributed by atoms with Gasteiger partial charge in [0, 0.05) is 18.7 Å². The summed E-state index contributed by atoms with van der Waals surface area (Å²) in [4.78, 5) is 22.6. The number of hydrogen-bond acceptors (Lipinski definition) is 5. The molecule has 24 heavy (non-hydrogen) atoms. The number of ether oxygens (including phenoxy) is 3. The average Bonchev–Trinajstić information content (AvgIpc) is 2.55. The highest BCUT2D eigenvalue weighted by molar-refractivity contribution is 5.95. The highest BCUT2D eigenvalue weighted by atomic mass is 19.4. The smallest absolute Gasteiger partial charge is 0.471 e. The van der Waals surface area contributed by atoms with Gasteiger partial charge in [-0.15, -0.1) is 0 Å². The lowest BCUT2D eigenvalue weighted by Crippen LogP contribution is -2.41. The predicted octanol–water partition coefficient (Wildman–Crippen LogP) is 1.12. The Hall–Kier alpha value is -2.65. The zero-order valence-electron chi connectivity index (χ0n) is 13.2. The van der Waals surface area contributed by atoms with Crippen molar-refractivity contribution in [1.29, 1.82) is 0 Å². The fourth-order valence-corrected chi connectivity index (χ4v) is 1.77. The molecule has 0 unspecified atom stereocenters. The Morgan fingerprint density at radius 3 is 1.88 bits per heavy atom. The van der Waals surface area contributed by atoms with Gasteiger partial charge in [0.2, 0.25) is 5.75 Å². The minimum Gasteiger partial charge on any atom is -0.493 e. The van der Waals surface area contributed by atoms with Crippen molar-refractivity contribution in [1.82, 2.24) is 10.6 Å². The normalized spacial score (nSPS) is 10.8. The van der Waals surface area contributed by atoms with E-state index in [1.165, 1.54) is 33.5 Å². The topological polar surface area (TPSA) is 85.9 Å². The van der Waals surface area contributed by atoms with Gasteiger partial charge >= 0.3 is 12.1 Å². The molecular formula is C14H17F3N2O5. The van der Waals surface area contributed by atoms with Crippen LogP contribution in [0, 0.1) is 0 Å². The van der Waals surface area contributed by atoms with E-state index in [2.05, 4.69) is 5.32 Å². The van der Waals surface area contributed by atoms with Crippen molar-refractivity contribution >= 4 is 11.8 Å². The second-order valence-corrected chi connectivity index (χ2v) is 4.42. The maximum Gasteiger partial charge on any atom is 0.471 e. The first-order valence-corrected chi connectivity index (χ1v) is 6.67. The first-order valence-electron chi connectivity index (χ1n) is 6.67. The van der Waals surface area contributed by atoms with E-state index in [9.17, 15) is 22.8 Å². The van der Waals surface area contributed by atoms with Gasteiger partial charge in [-0.25, -0.2) is 0 Å². The van der Waals surface area contributed by atoms with Crippen LogP contribution in [0.3, 0.4) is 0 Å². The molecule has 0 aliphatic carbocycles. The van der Waals surface area contributed by atoms with Gasteiger partial charge in [-0.2, -0.15) is 13.2 Å². The highest BCUT2D eigenvalue weighted by Crippen LogP contribution is 2.38. The van der Waals surface area contributed by atoms with Crippen LogP contribution in [0.15, 0.2) is 12.1 Å². The van der Waals surface area contributed by atoms with Crippen LogP contribution in [0.5, 0.6) is 17.2 Å². The zero-order chi connectivity index (χ0) is 18.3. The van der Waals surface area contributed by atoms with Crippen LogP contribution in [0.25, 0.3) is 0 Å². The number of methoxy groups -OCH3 is 3. The van der Waals surface area contributed by atoms with Crippen molar-refractivity contribution in [2.45, 2.75) is 6.18 Å². The summed E-state index contributed by atoms with van der Waals surface area (Å²) in [5.74, 6) is -1.83. The van der Waals surface area contributed by atoms with Gasteiger partial charge < -0.3 is 24.8 Å². The molecule has 0 saturated heterocycles. The van der Waals surface area contributed by atoms with E-state index in [1.54, 1.807) is 5.32 Å². The van der Waals surface area contributed by atoms with Crippen LogP contribution >= 0.6 is 0 Å². The number of rotatable bonds is 7. The summed E-state index contributed by atoms with van der Waals surface area (Å²) in [5, 5.41) is 4.02. The molecule has 134 valence electrons. The molecule has 0 heterocycles. The van der Waals surface area contributed by atoms with Crippen LogP contribution in [-0.4, -0.2) is 52.4 Å². The van der Waals surface area contributed by atoms with Crippen LogP contribution in [0.4, 0.5) is 13.2 Å². The zero-order valence-corrected chi connectivity index (χ0v) is 13.2. The van der Waals surface area contributed by atoms with E-state index in [4.69, 9.17) is 14.2 Å². The lowest BCUT2D eigenvalue weighted by molar-refractivity contribution is -0.173. The summed E-state index contributed by atoms with van der Waals surface area (Å²) < 4.78 is 51.3. The van der Waals surface area contributed by atoms with Gasteiger partial charge in [-0.3, -0.25) is 9.59 Å². The second-order valence-electron chi connectivity index (χ2n) is 4.42. The number of hydrogen-bond donors (Lipinski definition) is 2. The second kappa shape index (κ2) is 8.27. The standard InChI is InChI=1S/C14H17F3N2O5/c1-22-9-6-8(7-10(23-2)11(9)24-3)12(20)18-4-5-19-13(21)14(15,16)17/h6-7H,4-5H2,1-3H3,(H,18,20)(H,19,21). The quantitative estimate of drug-likeness (QED) is 0.720. The van der Waals surface area contributed by atoms with E-state index in [1.807, 2.05) is 0 Å². The molecule has 2 amide bonds. The van der Waals surface area contributed by atoms with Gasteiger partial charge in [0.25, 0.3) is 5.91 Å². The number of carbonyl (C=O) groups is 2. The number of halogens is 3. The summed E-state index contributed by atoms with van der Waals surface area (Å²) in [5.41, 5.74) is 0.159. The third-order valence-electron chi connectivity index (χ3n) is 2.88. The van der Waals surface area contributed by atoms with Crippen LogP contribution in [0.2, 0.25) is 0 Å². The van der Waals surface area contributed by atoms with Crippen molar-refractivity contribution in [2.24, 2.45) is 0 Å². The molecule has 0 atom stereocenters. The molecule has 1 aromatic rings. The first-order chi connectivity index (χ1) is 11.2. The minimum atomic E-state index is -4.96. The van der Waals surface area contributed by atoms with Crippen molar-refractivity contribution in [3.05, 3.63) is 17.7 Å². The Morgan fingerprint density at radius 2 is 1.46 bits per heavy atom. The summed E-state index contributed by atoms with van der Waals surface area (Å²) in [7, 11) is 4.17. The van der Waals surface area contributed by atoms with Crippen molar-refractivity contribution in [2.75, 3.05) is 34.4 Å². The largest absolute Gasteiger partial charge is 0.493 e. The maximum atomic E-state index is 12.0. The SMILES string of the molecule is COc1cc(C(=O)NCCNC(=O)C(F)(F)F)cc(OC)c1OC. The van der Waals surface area contributed by atoms with E-state index in [-0.39, 0.29) is 30.2 Å². The van der Waals surface area contributed by atoms with E-state index < -0.39 is 18.0 Å². The number of benzene rings is 1. The van der Waals surface area contributed by atoms with E-state index in [0.29, 0.717) is 5.75 Å². The van der Waals surface area contributed by atoms with Gasteiger partial charge in [0.05, 0.1) is 21.3 Å². The van der Waals surface area contributed by atoms with Gasteiger partial charge in [0.15, 0.2) is 11.5 Å². The molecule has 0 aliphatic rings. The van der Waals surface area contributed by atoms with E-state index in [0.717, 1.165) is 0 Å². The molecule has 0 fully saturated rings. The predicted molar refractivity (Wildman–Crippen MR) is 77.5 cm³/mol. The number of amides is 2. The molecular weight excluding hydrogens is 333 g/mol. The molecule has 1 rings (SSSR count).